The van der Waals surface area contributed by atoms with Crippen molar-refractivity contribution in [3.8, 4) is 44.8 Å². The zero-order valence-electron chi connectivity index (χ0n) is 42.2. The van der Waals surface area contributed by atoms with Crippen molar-refractivity contribution in [2.75, 3.05) is 0 Å². The lowest BCUT2D eigenvalue weighted by atomic mass is 9.94. The first-order valence-electron chi connectivity index (χ1n) is 26.2. The summed E-state index contributed by atoms with van der Waals surface area (Å²) in [5.74, 6) is 0. The van der Waals surface area contributed by atoms with Gasteiger partial charge in [-0.1, -0.05) is 206 Å². The third-order valence-corrected chi connectivity index (χ3v) is 15.7. The van der Waals surface area contributed by atoms with Crippen LogP contribution in [0.5, 0.6) is 0 Å². The Balaban J connectivity index is 0.000000425. The number of rotatable bonds is 3. The molecule has 0 fully saturated rings. The molecule has 75 heavy (non-hydrogen) atoms. The van der Waals surface area contributed by atoms with E-state index in [1.165, 1.54) is 142 Å². The molecule has 0 aliphatic heterocycles. The van der Waals surface area contributed by atoms with Gasteiger partial charge in [-0.2, -0.15) is 0 Å². The smallest absolute Gasteiger partial charge is 0.0553 e. The highest BCUT2D eigenvalue weighted by Gasteiger charge is 2.26. The summed E-state index contributed by atoms with van der Waals surface area (Å²) in [6.07, 6.45) is 4.00. The molecule has 0 amide bonds. The van der Waals surface area contributed by atoms with Gasteiger partial charge in [0.25, 0.3) is 0 Å². The van der Waals surface area contributed by atoms with Crippen molar-refractivity contribution in [1.29, 1.82) is 0 Å². The summed E-state index contributed by atoms with van der Waals surface area (Å²) in [7, 11) is 0. The van der Waals surface area contributed by atoms with E-state index < -0.39 is 0 Å². The van der Waals surface area contributed by atoms with Gasteiger partial charge in [-0.25, -0.2) is 0 Å². The van der Waals surface area contributed by atoms with E-state index in [1.807, 2.05) is 44.2 Å². The standard InChI is InChI=1S/C62H36N2.C7H8.C4H8/c1-2-14-40(15-3-1)63-56-30-26-39(34-55(56)62-51-24-12-23-50-46-20-9-11-22-48(46)53(60(50)51)36-59(62)63)38-27-31-57-54(33-38)61-42-16-5-4-13-37(42)25-32-58(61)64(57)41-28-29-49-45-19-7-6-17-43(45)44-18-8-10-21-47(44)52(49)35-41;1-7-5-3-2-4-6-7;1-3-4-2/h1-36H;2-6H,1H3;3-4H,1-2H3/b;;4-3-. The second-order valence-electron chi connectivity index (χ2n) is 19.9. The third-order valence-electron chi connectivity index (χ3n) is 15.7. The first kappa shape index (κ1) is 44.2. The Kier molecular flexibility index (Phi) is 10.6. The largest absolute Gasteiger partial charge is 0.309 e. The van der Waals surface area contributed by atoms with Gasteiger partial charge < -0.3 is 9.13 Å². The average Bonchev–Trinajstić information content (AvgIpc) is 4.22. The molecule has 13 aromatic carbocycles. The number of benzene rings is 13. The van der Waals surface area contributed by atoms with Crippen LogP contribution in [0.3, 0.4) is 0 Å². The van der Waals surface area contributed by atoms with Crippen molar-refractivity contribution in [2.45, 2.75) is 20.8 Å². The van der Waals surface area contributed by atoms with E-state index in [9.17, 15) is 0 Å². The van der Waals surface area contributed by atoms with E-state index in [0.717, 1.165) is 5.69 Å². The molecule has 2 aromatic heterocycles. The van der Waals surface area contributed by atoms with Gasteiger partial charge >= 0.3 is 0 Å². The number of allylic oxidation sites excluding steroid dienone is 2. The van der Waals surface area contributed by atoms with Crippen LogP contribution in [0.1, 0.15) is 19.4 Å². The summed E-state index contributed by atoms with van der Waals surface area (Å²) in [6, 6.07) is 91.8. The minimum Gasteiger partial charge on any atom is -0.309 e. The molecule has 0 unspecified atom stereocenters. The molecule has 2 nitrogen and oxygen atoms in total. The minimum absolute atomic E-state index is 1.16. The monoisotopic (exact) mass is 956 g/mol. The number of aromatic nitrogens is 2. The van der Waals surface area contributed by atoms with Crippen LogP contribution in [-0.4, -0.2) is 9.13 Å². The molecule has 0 atom stereocenters. The van der Waals surface area contributed by atoms with E-state index in [0.29, 0.717) is 0 Å². The maximum Gasteiger partial charge on any atom is 0.0553 e. The number of hydrogen-bond acceptors (Lipinski definition) is 0. The zero-order chi connectivity index (χ0) is 50.1. The summed E-state index contributed by atoms with van der Waals surface area (Å²) in [5, 5.41) is 18.0. The van der Waals surface area contributed by atoms with Crippen molar-refractivity contribution < 1.29 is 0 Å². The number of fused-ring (bicyclic) bond motifs is 18. The Bertz CT molecular complexity index is 4740. The fourth-order valence-corrected chi connectivity index (χ4v) is 12.2. The maximum absolute atomic E-state index is 2.49. The van der Waals surface area contributed by atoms with Crippen molar-refractivity contribution in [1.82, 2.24) is 9.13 Å². The number of para-hydroxylation sites is 1. The van der Waals surface area contributed by atoms with Gasteiger partial charge in [-0.15, -0.1) is 0 Å². The van der Waals surface area contributed by atoms with E-state index in [2.05, 4.69) is 247 Å². The van der Waals surface area contributed by atoms with Crippen molar-refractivity contribution in [3.05, 3.63) is 266 Å². The second kappa shape index (κ2) is 17.9. The fraction of sp³-hybridized carbons (Fsp3) is 0.0411. The molecule has 1 aliphatic rings. The normalized spacial score (nSPS) is 11.9. The van der Waals surface area contributed by atoms with Gasteiger partial charge in [0.05, 0.1) is 22.1 Å². The van der Waals surface area contributed by atoms with Gasteiger partial charge in [-0.05, 0) is 169 Å². The van der Waals surface area contributed by atoms with E-state index in [1.54, 1.807) is 0 Å². The van der Waals surface area contributed by atoms with Gasteiger partial charge in [0.2, 0.25) is 0 Å². The van der Waals surface area contributed by atoms with Crippen LogP contribution in [0.15, 0.2) is 261 Å². The Morgan fingerprint density at radius 2 is 0.747 bits per heavy atom. The molecule has 0 saturated carbocycles. The van der Waals surface area contributed by atoms with Crippen molar-refractivity contribution in [3.63, 3.8) is 0 Å². The van der Waals surface area contributed by atoms with E-state index in [4.69, 9.17) is 0 Å². The molecule has 0 spiro atoms. The van der Waals surface area contributed by atoms with Crippen LogP contribution in [0.4, 0.5) is 0 Å². The van der Waals surface area contributed by atoms with Crippen LogP contribution < -0.4 is 0 Å². The summed E-state index contributed by atoms with van der Waals surface area (Å²) in [4.78, 5) is 0. The topological polar surface area (TPSA) is 9.86 Å². The summed E-state index contributed by atoms with van der Waals surface area (Å²) < 4.78 is 4.96. The minimum atomic E-state index is 1.16. The predicted octanol–water partition coefficient (Wildman–Crippen LogP) is 20.5. The highest BCUT2D eigenvalue weighted by atomic mass is 15.0. The summed E-state index contributed by atoms with van der Waals surface area (Å²) in [6.45, 7) is 6.08. The van der Waals surface area contributed by atoms with Gasteiger partial charge in [0, 0.05) is 32.9 Å². The Morgan fingerprint density at radius 1 is 0.267 bits per heavy atom. The average molecular weight is 957 g/mol. The molecule has 2 heteroatoms. The molecular formula is C73H52N2. The maximum atomic E-state index is 2.49. The first-order valence-corrected chi connectivity index (χ1v) is 26.2. The lowest BCUT2D eigenvalue weighted by Gasteiger charge is -2.14. The fourth-order valence-electron chi connectivity index (χ4n) is 12.2. The van der Waals surface area contributed by atoms with Crippen molar-refractivity contribution in [2.24, 2.45) is 0 Å². The molecule has 0 N–H and O–H groups in total. The first-order chi connectivity index (χ1) is 37.1. The molecule has 1 aliphatic carbocycles. The van der Waals surface area contributed by atoms with Gasteiger partial charge in [-0.3, -0.25) is 0 Å². The van der Waals surface area contributed by atoms with Gasteiger partial charge in [0.15, 0.2) is 0 Å². The Hall–Kier alpha value is -9.50. The number of aryl methyl sites for hydroxylation is 1. The van der Waals surface area contributed by atoms with Crippen LogP contribution >= 0.6 is 0 Å². The van der Waals surface area contributed by atoms with Crippen LogP contribution in [0.2, 0.25) is 0 Å². The Morgan fingerprint density at radius 3 is 1.36 bits per heavy atom. The quantitative estimate of drug-likeness (QED) is 0.123. The van der Waals surface area contributed by atoms with Crippen LogP contribution in [0.25, 0.3) is 142 Å². The third kappa shape index (κ3) is 7.02. The van der Waals surface area contributed by atoms with E-state index in [-0.39, 0.29) is 0 Å². The van der Waals surface area contributed by atoms with Crippen LogP contribution in [-0.2, 0) is 0 Å². The number of nitrogens with zero attached hydrogens (tertiary/aromatic N) is 2. The molecule has 0 radical (unpaired) electrons. The summed E-state index contributed by atoms with van der Waals surface area (Å²) >= 11 is 0. The zero-order valence-corrected chi connectivity index (χ0v) is 42.2. The number of hydrogen-bond donors (Lipinski definition) is 0. The molecule has 16 rings (SSSR count). The molecule has 0 bridgehead atoms. The predicted molar refractivity (Wildman–Crippen MR) is 324 cm³/mol. The molecular weight excluding hydrogens is 905 g/mol. The highest BCUT2D eigenvalue weighted by Crippen LogP contribution is 2.52. The molecule has 0 saturated heterocycles. The highest BCUT2D eigenvalue weighted by molar-refractivity contribution is 6.30. The van der Waals surface area contributed by atoms with Crippen LogP contribution in [0, 0.1) is 6.92 Å². The van der Waals surface area contributed by atoms with Crippen molar-refractivity contribution >= 4 is 97.5 Å². The molecule has 2 heterocycles. The Labute approximate surface area is 436 Å². The second-order valence-corrected chi connectivity index (χ2v) is 19.9. The SMILES string of the molecule is C/C=C\C.Cc1ccccc1.c1ccc(-n2c3ccc(-c4ccc5c(c4)c4c6ccccc6ccc4n5-c4ccc5c6ccccc6c6ccccc6c5c4)cc3c3c4cccc5c4c(cc32)-c2ccccc2-5)cc1. The van der Waals surface area contributed by atoms with Gasteiger partial charge in [0.1, 0.15) is 0 Å². The molecule has 15 aromatic rings. The summed E-state index contributed by atoms with van der Waals surface area (Å²) in [5.41, 5.74) is 16.2. The lowest BCUT2D eigenvalue weighted by Crippen LogP contribution is -1.95. The van der Waals surface area contributed by atoms with E-state index >= 15 is 0 Å². The molecule has 354 valence electrons. The lowest BCUT2D eigenvalue weighted by molar-refractivity contribution is 1.18.